The molecule has 1 atom stereocenters. The largest absolute Gasteiger partial charge is 0.378 e. The van der Waals surface area contributed by atoms with Gasteiger partial charge in [-0.15, -0.1) is 0 Å². The SMILES string of the molecule is Cc1noc(CN2CCN(C(=O)CC3COCCN3)CC2)n1. The summed E-state index contributed by atoms with van der Waals surface area (Å²) in [5, 5.41) is 7.12. The standard InChI is InChI=1S/C14H23N5O3/c1-11-16-13(22-17-11)9-18-3-5-19(6-4-18)14(20)8-12-10-21-7-2-15-12/h12,15H,2-10H2,1H3. The van der Waals surface area contributed by atoms with E-state index in [1.807, 2.05) is 11.8 Å². The van der Waals surface area contributed by atoms with Crippen LogP contribution >= 0.6 is 0 Å². The first kappa shape index (κ1) is 15.4. The number of piperazine rings is 1. The average molecular weight is 309 g/mol. The van der Waals surface area contributed by atoms with Crippen molar-refractivity contribution in [3.8, 4) is 0 Å². The van der Waals surface area contributed by atoms with Gasteiger partial charge in [-0.2, -0.15) is 4.98 Å². The van der Waals surface area contributed by atoms with Crippen LogP contribution in [0, 0.1) is 6.92 Å². The maximum atomic E-state index is 12.3. The predicted molar refractivity (Wildman–Crippen MR) is 78.1 cm³/mol. The Labute approximate surface area is 129 Å². The smallest absolute Gasteiger partial charge is 0.240 e. The summed E-state index contributed by atoms with van der Waals surface area (Å²) < 4.78 is 10.5. The molecule has 1 unspecified atom stereocenters. The number of rotatable bonds is 4. The third kappa shape index (κ3) is 4.02. The van der Waals surface area contributed by atoms with Crippen molar-refractivity contribution in [2.45, 2.75) is 25.9 Å². The Morgan fingerprint density at radius 2 is 2.18 bits per heavy atom. The van der Waals surface area contributed by atoms with Gasteiger partial charge in [0.05, 0.1) is 19.8 Å². The summed E-state index contributed by atoms with van der Waals surface area (Å²) >= 11 is 0. The molecule has 2 saturated heterocycles. The van der Waals surface area contributed by atoms with Crippen LogP contribution in [0.4, 0.5) is 0 Å². The normalized spacial score (nSPS) is 23.7. The maximum absolute atomic E-state index is 12.3. The van der Waals surface area contributed by atoms with Gasteiger partial charge >= 0.3 is 0 Å². The monoisotopic (exact) mass is 309 g/mol. The molecule has 0 radical (unpaired) electrons. The molecule has 1 aromatic rings. The van der Waals surface area contributed by atoms with E-state index in [1.54, 1.807) is 0 Å². The summed E-state index contributed by atoms with van der Waals surface area (Å²) in [7, 11) is 0. The molecule has 1 N–H and O–H groups in total. The van der Waals surface area contributed by atoms with Gasteiger partial charge in [-0.1, -0.05) is 5.16 Å². The Kier molecular flexibility index (Phi) is 5.01. The second-order valence-electron chi connectivity index (χ2n) is 5.82. The van der Waals surface area contributed by atoms with Crippen LogP contribution in [-0.4, -0.2) is 77.8 Å². The molecule has 1 aromatic heterocycles. The third-order valence-corrected chi connectivity index (χ3v) is 4.07. The molecular weight excluding hydrogens is 286 g/mol. The lowest BCUT2D eigenvalue weighted by molar-refractivity contribution is -0.134. The van der Waals surface area contributed by atoms with Crippen molar-refractivity contribution in [1.29, 1.82) is 0 Å². The third-order valence-electron chi connectivity index (χ3n) is 4.07. The van der Waals surface area contributed by atoms with Crippen LogP contribution in [-0.2, 0) is 16.1 Å². The Hall–Kier alpha value is -1.51. The summed E-state index contributed by atoms with van der Waals surface area (Å²) in [5.74, 6) is 1.50. The van der Waals surface area contributed by atoms with Crippen molar-refractivity contribution < 1.29 is 14.1 Å². The first-order valence-electron chi connectivity index (χ1n) is 7.81. The zero-order valence-corrected chi connectivity index (χ0v) is 13.0. The number of aromatic nitrogens is 2. The van der Waals surface area contributed by atoms with Crippen LogP contribution in [0.2, 0.25) is 0 Å². The van der Waals surface area contributed by atoms with E-state index in [9.17, 15) is 4.79 Å². The quantitative estimate of drug-likeness (QED) is 0.795. The van der Waals surface area contributed by atoms with Gasteiger partial charge in [0.25, 0.3) is 0 Å². The maximum Gasteiger partial charge on any atom is 0.240 e. The summed E-state index contributed by atoms with van der Waals surface area (Å²) in [4.78, 5) is 20.7. The number of morpholine rings is 1. The van der Waals surface area contributed by atoms with Crippen LogP contribution in [0.15, 0.2) is 4.52 Å². The van der Waals surface area contributed by atoms with Crippen LogP contribution in [0.25, 0.3) is 0 Å². The predicted octanol–water partition coefficient (Wildman–Crippen LogP) is -0.599. The Balaban J connectivity index is 1.41. The number of carbonyl (C=O) groups is 1. The topological polar surface area (TPSA) is 83.7 Å². The lowest BCUT2D eigenvalue weighted by atomic mass is 10.1. The van der Waals surface area contributed by atoms with E-state index in [1.165, 1.54) is 0 Å². The molecule has 0 saturated carbocycles. The first-order valence-corrected chi connectivity index (χ1v) is 7.81. The highest BCUT2D eigenvalue weighted by Gasteiger charge is 2.25. The minimum atomic E-state index is 0.153. The number of hydrogen-bond acceptors (Lipinski definition) is 7. The molecule has 8 nitrogen and oxygen atoms in total. The number of hydrogen-bond donors (Lipinski definition) is 1. The molecule has 122 valence electrons. The molecule has 0 bridgehead atoms. The van der Waals surface area contributed by atoms with Gasteiger partial charge in [0, 0.05) is 45.2 Å². The van der Waals surface area contributed by atoms with Gasteiger partial charge in [0.2, 0.25) is 11.8 Å². The molecule has 0 spiro atoms. The number of ether oxygens (including phenoxy) is 1. The van der Waals surface area contributed by atoms with Crippen molar-refractivity contribution in [3.63, 3.8) is 0 Å². The van der Waals surface area contributed by atoms with E-state index in [2.05, 4.69) is 20.4 Å². The average Bonchev–Trinajstić information content (AvgIpc) is 2.94. The van der Waals surface area contributed by atoms with E-state index in [0.717, 1.165) is 39.3 Å². The molecule has 2 aliphatic rings. The van der Waals surface area contributed by atoms with E-state index in [-0.39, 0.29) is 11.9 Å². The van der Waals surface area contributed by atoms with Gasteiger partial charge < -0.3 is 19.5 Å². The Morgan fingerprint density at radius 3 is 2.82 bits per heavy atom. The first-order chi connectivity index (χ1) is 10.7. The minimum Gasteiger partial charge on any atom is -0.378 e. The fourth-order valence-electron chi connectivity index (χ4n) is 2.84. The minimum absolute atomic E-state index is 0.153. The second-order valence-corrected chi connectivity index (χ2v) is 5.82. The van der Waals surface area contributed by atoms with Gasteiger partial charge in [0.1, 0.15) is 0 Å². The number of nitrogens with one attached hydrogen (secondary N) is 1. The molecule has 22 heavy (non-hydrogen) atoms. The molecule has 2 fully saturated rings. The van der Waals surface area contributed by atoms with Gasteiger partial charge in [0.15, 0.2) is 5.82 Å². The summed E-state index contributed by atoms with van der Waals surface area (Å²) in [6.07, 6.45) is 0.517. The molecular formula is C14H23N5O3. The molecule has 0 aromatic carbocycles. The summed E-state index contributed by atoms with van der Waals surface area (Å²) in [6.45, 7) is 7.83. The van der Waals surface area contributed by atoms with Crippen LogP contribution in [0.3, 0.4) is 0 Å². The summed E-state index contributed by atoms with van der Waals surface area (Å²) in [6, 6.07) is 0.153. The highest BCUT2D eigenvalue weighted by atomic mass is 16.5. The van der Waals surface area contributed by atoms with Gasteiger partial charge in [-0.05, 0) is 6.92 Å². The highest BCUT2D eigenvalue weighted by Crippen LogP contribution is 2.10. The Bertz CT molecular complexity index is 492. The number of carbonyl (C=O) groups excluding carboxylic acids is 1. The lowest BCUT2D eigenvalue weighted by Crippen LogP contribution is -2.51. The molecule has 0 aliphatic carbocycles. The van der Waals surface area contributed by atoms with Crippen LogP contribution in [0.5, 0.6) is 0 Å². The lowest BCUT2D eigenvalue weighted by Gasteiger charge is -2.35. The Morgan fingerprint density at radius 1 is 1.36 bits per heavy atom. The van der Waals surface area contributed by atoms with E-state index >= 15 is 0 Å². The number of amides is 1. The van der Waals surface area contributed by atoms with Gasteiger partial charge in [-0.3, -0.25) is 9.69 Å². The van der Waals surface area contributed by atoms with Gasteiger partial charge in [-0.25, -0.2) is 0 Å². The molecule has 8 heteroatoms. The number of nitrogens with zero attached hydrogens (tertiary/aromatic N) is 4. The zero-order valence-electron chi connectivity index (χ0n) is 13.0. The van der Waals surface area contributed by atoms with Crippen molar-refractivity contribution in [2.24, 2.45) is 0 Å². The fourth-order valence-corrected chi connectivity index (χ4v) is 2.84. The molecule has 2 aliphatic heterocycles. The molecule has 1 amide bonds. The fraction of sp³-hybridized carbons (Fsp3) is 0.786. The van der Waals surface area contributed by atoms with E-state index in [4.69, 9.17) is 9.26 Å². The van der Waals surface area contributed by atoms with Crippen LogP contribution < -0.4 is 5.32 Å². The second kappa shape index (κ2) is 7.17. The van der Waals surface area contributed by atoms with E-state index in [0.29, 0.717) is 31.3 Å². The van der Waals surface area contributed by atoms with Crippen LogP contribution in [0.1, 0.15) is 18.1 Å². The summed E-state index contributed by atoms with van der Waals surface area (Å²) in [5.41, 5.74) is 0. The van der Waals surface area contributed by atoms with Crippen molar-refractivity contribution in [2.75, 3.05) is 45.9 Å². The number of aryl methyl sites for hydroxylation is 1. The van der Waals surface area contributed by atoms with Crippen molar-refractivity contribution >= 4 is 5.91 Å². The zero-order chi connectivity index (χ0) is 15.4. The van der Waals surface area contributed by atoms with E-state index < -0.39 is 0 Å². The molecule has 3 rings (SSSR count). The molecule has 3 heterocycles. The van der Waals surface area contributed by atoms with Crippen molar-refractivity contribution in [1.82, 2.24) is 25.3 Å². The highest BCUT2D eigenvalue weighted by molar-refractivity contribution is 5.77. The van der Waals surface area contributed by atoms with Crippen molar-refractivity contribution in [3.05, 3.63) is 11.7 Å².